The van der Waals surface area contributed by atoms with E-state index in [9.17, 15) is 4.39 Å². The highest BCUT2D eigenvalue weighted by molar-refractivity contribution is 5.95. The van der Waals surface area contributed by atoms with Crippen LogP contribution < -0.4 is 5.32 Å². The molecular weight excluding hydrogens is 411 g/mol. The third-order valence-electron chi connectivity index (χ3n) is 7.25. The molecule has 1 saturated heterocycles. The Kier molecular flexibility index (Phi) is 5.98. The van der Waals surface area contributed by atoms with E-state index in [1.165, 1.54) is 37.2 Å². The molecule has 5 heteroatoms. The fourth-order valence-corrected chi connectivity index (χ4v) is 5.33. The van der Waals surface area contributed by atoms with E-state index in [1.807, 2.05) is 13.1 Å². The predicted octanol–water partition coefficient (Wildman–Crippen LogP) is 4.94. The van der Waals surface area contributed by atoms with E-state index < -0.39 is 0 Å². The summed E-state index contributed by atoms with van der Waals surface area (Å²) in [6, 6.07) is 13.7. The first-order valence-electron chi connectivity index (χ1n) is 12.0. The molecule has 0 aliphatic carbocycles. The second-order valence-electron chi connectivity index (χ2n) is 9.23. The summed E-state index contributed by atoms with van der Waals surface area (Å²) in [4.78, 5) is 4.94. The van der Waals surface area contributed by atoms with Crippen molar-refractivity contribution in [2.75, 3.05) is 39.8 Å². The Morgan fingerprint density at radius 3 is 2.52 bits per heavy atom. The van der Waals surface area contributed by atoms with Gasteiger partial charge in [0, 0.05) is 73.2 Å². The molecule has 172 valence electrons. The second kappa shape index (κ2) is 9.06. The van der Waals surface area contributed by atoms with Gasteiger partial charge in [-0.1, -0.05) is 37.4 Å². The van der Waals surface area contributed by atoms with Crippen LogP contribution in [-0.4, -0.2) is 54.1 Å². The van der Waals surface area contributed by atoms with Crippen molar-refractivity contribution in [2.45, 2.75) is 25.8 Å². The lowest BCUT2D eigenvalue weighted by Crippen LogP contribution is -2.36. The van der Waals surface area contributed by atoms with Crippen molar-refractivity contribution in [3.8, 4) is 0 Å². The number of hydrogen-bond acceptors (Lipinski definition) is 3. The first-order chi connectivity index (χ1) is 16.0. The van der Waals surface area contributed by atoms with Crippen LogP contribution in [0.4, 0.5) is 4.39 Å². The summed E-state index contributed by atoms with van der Waals surface area (Å²) in [5, 5.41) is 4.07. The molecular formula is C28H33FN4. The van der Waals surface area contributed by atoms with Crippen molar-refractivity contribution in [3.05, 3.63) is 83.8 Å². The Labute approximate surface area is 196 Å². The molecule has 5 rings (SSSR count). The molecule has 1 fully saturated rings. The monoisotopic (exact) mass is 444 g/mol. The molecule has 0 bridgehead atoms. The van der Waals surface area contributed by atoms with Crippen LogP contribution in [0, 0.1) is 5.82 Å². The van der Waals surface area contributed by atoms with Gasteiger partial charge in [0.2, 0.25) is 0 Å². The minimum absolute atomic E-state index is 0.195. The zero-order valence-electron chi connectivity index (χ0n) is 19.5. The molecule has 1 N–H and O–H groups in total. The molecule has 2 aliphatic rings. The van der Waals surface area contributed by atoms with E-state index in [1.54, 1.807) is 12.1 Å². The number of rotatable bonds is 7. The number of hydrogen-bond donors (Lipinski definition) is 1. The molecule has 0 spiro atoms. The largest absolute Gasteiger partial charge is 0.388 e. The molecule has 0 saturated carbocycles. The van der Waals surface area contributed by atoms with Crippen LogP contribution >= 0.6 is 0 Å². The van der Waals surface area contributed by atoms with Gasteiger partial charge < -0.3 is 19.7 Å². The molecule has 2 aromatic carbocycles. The normalized spacial score (nSPS) is 16.4. The lowest BCUT2D eigenvalue weighted by molar-refractivity contribution is 0.281. The average Bonchev–Trinajstić information content (AvgIpc) is 3.45. The van der Waals surface area contributed by atoms with E-state index in [-0.39, 0.29) is 5.82 Å². The molecule has 0 radical (unpaired) electrons. The number of benzene rings is 2. The molecule has 4 nitrogen and oxygen atoms in total. The van der Waals surface area contributed by atoms with Gasteiger partial charge in [-0.15, -0.1) is 0 Å². The van der Waals surface area contributed by atoms with Gasteiger partial charge in [-0.3, -0.25) is 0 Å². The van der Waals surface area contributed by atoms with Crippen molar-refractivity contribution >= 4 is 22.3 Å². The summed E-state index contributed by atoms with van der Waals surface area (Å²) in [5.41, 5.74) is 7.71. The van der Waals surface area contributed by atoms with Crippen molar-refractivity contribution in [3.63, 3.8) is 0 Å². The van der Waals surface area contributed by atoms with Crippen molar-refractivity contribution in [1.29, 1.82) is 0 Å². The van der Waals surface area contributed by atoms with Gasteiger partial charge in [-0.2, -0.15) is 0 Å². The maximum absolute atomic E-state index is 14.3. The second-order valence-corrected chi connectivity index (χ2v) is 9.23. The Hall–Kier alpha value is -3.05. The highest BCUT2D eigenvalue weighted by Crippen LogP contribution is 2.37. The molecule has 3 aromatic rings. The lowest BCUT2D eigenvalue weighted by Gasteiger charge is -2.33. The zero-order chi connectivity index (χ0) is 22.9. The molecule has 2 aliphatic heterocycles. The highest BCUT2D eigenvalue weighted by atomic mass is 19.1. The van der Waals surface area contributed by atoms with Crippen LogP contribution in [0.3, 0.4) is 0 Å². The summed E-state index contributed by atoms with van der Waals surface area (Å²) in [7, 11) is 1.88. The number of aromatic nitrogens is 1. The molecule has 3 heterocycles. The van der Waals surface area contributed by atoms with Gasteiger partial charge in [-0.05, 0) is 55.3 Å². The van der Waals surface area contributed by atoms with Gasteiger partial charge in [0.05, 0.1) is 0 Å². The third kappa shape index (κ3) is 4.18. The van der Waals surface area contributed by atoms with Gasteiger partial charge in [0.15, 0.2) is 0 Å². The number of nitrogens with one attached hydrogen (secondary N) is 1. The van der Waals surface area contributed by atoms with E-state index in [4.69, 9.17) is 0 Å². The first kappa shape index (κ1) is 21.8. The zero-order valence-corrected chi connectivity index (χ0v) is 19.5. The quantitative estimate of drug-likeness (QED) is 0.558. The fourth-order valence-electron chi connectivity index (χ4n) is 5.33. The van der Waals surface area contributed by atoms with E-state index in [0.717, 1.165) is 66.0 Å². The topological polar surface area (TPSA) is 23.4 Å². The van der Waals surface area contributed by atoms with E-state index in [2.05, 4.69) is 57.1 Å². The first-order valence-corrected chi connectivity index (χ1v) is 12.0. The number of likely N-dealkylation sites (tertiary alicyclic amines) is 1. The van der Waals surface area contributed by atoms with Crippen molar-refractivity contribution in [1.82, 2.24) is 19.7 Å². The van der Waals surface area contributed by atoms with Crippen LogP contribution in [0.5, 0.6) is 0 Å². The predicted molar refractivity (Wildman–Crippen MR) is 136 cm³/mol. The van der Waals surface area contributed by atoms with Crippen LogP contribution in [-0.2, 0) is 13.0 Å². The van der Waals surface area contributed by atoms with Crippen LogP contribution in [0.2, 0.25) is 0 Å². The molecule has 0 amide bonds. The maximum atomic E-state index is 14.3. The van der Waals surface area contributed by atoms with Gasteiger partial charge in [0.25, 0.3) is 0 Å². The standard InChI is InChI=1S/C28H33FN4/c1-20(30-3)23-8-6-22(7-9-23)19-33-26-11-10-24(29)18-25(26)28-21(2)32(15-12-27(28)33)17-16-31-13-4-5-14-31/h6-11,18,30H,1-2,4-5,12-17,19H2,3H3. The number of halogens is 1. The van der Waals surface area contributed by atoms with Crippen LogP contribution in [0.25, 0.3) is 22.3 Å². The Balaban J connectivity index is 1.46. The van der Waals surface area contributed by atoms with Gasteiger partial charge in [0.1, 0.15) is 5.82 Å². The minimum atomic E-state index is -0.195. The minimum Gasteiger partial charge on any atom is -0.388 e. The third-order valence-corrected chi connectivity index (χ3v) is 7.25. The molecule has 0 unspecified atom stereocenters. The maximum Gasteiger partial charge on any atom is 0.123 e. The summed E-state index contributed by atoms with van der Waals surface area (Å²) in [5.74, 6) is -0.195. The molecule has 0 atom stereocenters. The lowest BCUT2D eigenvalue weighted by atomic mass is 10.0. The van der Waals surface area contributed by atoms with Gasteiger partial charge >= 0.3 is 0 Å². The van der Waals surface area contributed by atoms with Gasteiger partial charge in [-0.25, -0.2) is 4.39 Å². The summed E-state index contributed by atoms with van der Waals surface area (Å²) >= 11 is 0. The Morgan fingerprint density at radius 2 is 1.79 bits per heavy atom. The molecule has 1 aromatic heterocycles. The van der Waals surface area contributed by atoms with E-state index >= 15 is 0 Å². The van der Waals surface area contributed by atoms with Crippen molar-refractivity contribution in [2.24, 2.45) is 0 Å². The SMILES string of the molecule is C=C(NC)c1ccc(Cn2c3c(c4cc(F)ccc42)C(=C)N(CCN2CCCC2)CC3)cc1. The number of nitrogens with zero attached hydrogens (tertiary/aromatic N) is 3. The van der Waals surface area contributed by atoms with Crippen molar-refractivity contribution < 1.29 is 4.39 Å². The Morgan fingerprint density at radius 1 is 1.03 bits per heavy atom. The smallest absolute Gasteiger partial charge is 0.123 e. The molecule has 33 heavy (non-hydrogen) atoms. The summed E-state index contributed by atoms with van der Waals surface area (Å²) in [6.45, 7) is 14.7. The number of fused-ring (bicyclic) bond motifs is 3. The summed E-state index contributed by atoms with van der Waals surface area (Å²) < 4.78 is 16.7. The van der Waals surface area contributed by atoms with E-state index in [0.29, 0.717) is 0 Å². The highest BCUT2D eigenvalue weighted by Gasteiger charge is 2.27. The van der Waals surface area contributed by atoms with Crippen LogP contribution in [0.1, 0.15) is 35.2 Å². The average molecular weight is 445 g/mol. The fraction of sp³-hybridized carbons (Fsp3) is 0.357. The Bertz CT molecular complexity index is 1180. The summed E-state index contributed by atoms with van der Waals surface area (Å²) in [6.07, 6.45) is 3.56. The van der Waals surface area contributed by atoms with Crippen LogP contribution in [0.15, 0.2) is 55.6 Å².